The van der Waals surface area contributed by atoms with Crippen LogP contribution in [0.5, 0.6) is 5.88 Å². The number of nitrogens with zero attached hydrogens (tertiary/aromatic N) is 1. The van der Waals surface area contributed by atoms with Gasteiger partial charge in [0.1, 0.15) is 11.9 Å². The highest BCUT2D eigenvalue weighted by molar-refractivity contribution is 5.90. The summed E-state index contributed by atoms with van der Waals surface area (Å²) in [6.07, 6.45) is 0.188. The highest BCUT2D eigenvalue weighted by Gasteiger charge is 2.28. The molecule has 8 heteroatoms. The van der Waals surface area contributed by atoms with Gasteiger partial charge in [0.05, 0.1) is 13.2 Å². The highest BCUT2D eigenvalue weighted by atomic mass is 19.3. The van der Waals surface area contributed by atoms with Gasteiger partial charge in [-0.3, -0.25) is 0 Å². The van der Waals surface area contributed by atoms with Crippen LogP contribution in [0.1, 0.15) is 35.0 Å². The second-order valence-electron chi connectivity index (χ2n) is 6.42. The zero-order valence-electron chi connectivity index (χ0n) is 15.5. The van der Waals surface area contributed by atoms with Gasteiger partial charge in [0.25, 0.3) is 0 Å². The van der Waals surface area contributed by atoms with E-state index in [1.54, 1.807) is 26.0 Å². The molecule has 1 atom stereocenters. The predicted molar refractivity (Wildman–Crippen MR) is 95.0 cm³/mol. The Labute approximate surface area is 160 Å². The van der Waals surface area contributed by atoms with E-state index in [9.17, 15) is 18.0 Å². The Morgan fingerprint density at radius 2 is 2.11 bits per heavy atom. The molecule has 5 nitrogen and oxygen atoms in total. The molecule has 0 amide bonds. The minimum Gasteiger partial charge on any atom is -0.472 e. The minimum atomic E-state index is -2.90. The summed E-state index contributed by atoms with van der Waals surface area (Å²) in [7, 11) is 0. The molecule has 1 aromatic heterocycles. The zero-order chi connectivity index (χ0) is 20.3. The fourth-order valence-corrected chi connectivity index (χ4v) is 3.10. The number of hydrogen-bond donors (Lipinski definition) is 0. The van der Waals surface area contributed by atoms with Crippen LogP contribution in [0, 0.1) is 12.7 Å². The van der Waals surface area contributed by atoms with Crippen molar-refractivity contribution >= 4 is 5.97 Å². The Morgan fingerprint density at radius 1 is 1.32 bits per heavy atom. The molecular weight excluding hydrogens is 375 g/mol. The third kappa shape index (κ3) is 4.44. The van der Waals surface area contributed by atoms with Crippen LogP contribution in [-0.2, 0) is 15.9 Å². The molecule has 150 valence electrons. The van der Waals surface area contributed by atoms with Crippen molar-refractivity contribution in [2.24, 2.45) is 0 Å². The topological polar surface area (TPSA) is 57.7 Å². The van der Waals surface area contributed by atoms with Crippen LogP contribution in [0.15, 0.2) is 24.3 Å². The monoisotopic (exact) mass is 395 g/mol. The average molecular weight is 395 g/mol. The zero-order valence-corrected chi connectivity index (χ0v) is 15.5. The molecule has 0 radical (unpaired) electrons. The van der Waals surface area contributed by atoms with Crippen molar-refractivity contribution in [3.8, 4) is 17.0 Å². The van der Waals surface area contributed by atoms with Crippen LogP contribution in [0.4, 0.5) is 13.2 Å². The van der Waals surface area contributed by atoms with Gasteiger partial charge < -0.3 is 14.2 Å². The molecule has 1 aliphatic rings. The number of rotatable bonds is 6. The molecule has 28 heavy (non-hydrogen) atoms. The van der Waals surface area contributed by atoms with Gasteiger partial charge in [-0.25, -0.2) is 14.2 Å². The molecule has 0 saturated heterocycles. The van der Waals surface area contributed by atoms with E-state index in [2.05, 4.69) is 9.72 Å². The standard InChI is InChI=1S/C20H20F3NO4/c1-3-26-19(25)17-9-15(13-6-4-11(2)8-16(13)21)14-7-5-12(10-27-20(22)23)28-18(14)24-17/h4,6,8-9,12,20H,3,5,7,10H2,1-2H3/t12-/m1/s1. The summed E-state index contributed by atoms with van der Waals surface area (Å²) in [6.45, 7) is 0.371. The van der Waals surface area contributed by atoms with E-state index in [4.69, 9.17) is 9.47 Å². The minimum absolute atomic E-state index is 0.0361. The van der Waals surface area contributed by atoms with E-state index in [-0.39, 0.29) is 24.8 Å². The van der Waals surface area contributed by atoms with Gasteiger partial charge in [-0.15, -0.1) is 0 Å². The Bertz CT molecular complexity index is 873. The first-order valence-corrected chi connectivity index (χ1v) is 8.93. The number of fused-ring (bicyclic) bond motifs is 1. The number of esters is 1. The average Bonchev–Trinajstić information content (AvgIpc) is 2.65. The molecular formula is C20H20F3NO4. The number of carbonyl (C=O) groups is 1. The van der Waals surface area contributed by atoms with Crippen molar-refractivity contribution < 1.29 is 32.2 Å². The van der Waals surface area contributed by atoms with Crippen molar-refractivity contribution in [2.75, 3.05) is 13.2 Å². The second-order valence-corrected chi connectivity index (χ2v) is 6.42. The maximum absolute atomic E-state index is 14.6. The summed E-state index contributed by atoms with van der Waals surface area (Å²) in [4.78, 5) is 16.4. The number of alkyl halides is 2. The maximum atomic E-state index is 14.6. The molecule has 3 rings (SSSR count). The van der Waals surface area contributed by atoms with Crippen LogP contribution in [0.25, 0.3) is 11.1 Å². The number of carbonyl (C=O) groups excluding carboxylic acids is 1. The normalized spacial score (nSPS) is 15.9. The van der Waals surface area contributed by atoms with Crippen molar-refractivity contribution in [3.05, 3.63) is 46.9 Å². The Kier molecular flexibility index (Phi) is 6.18. The first-order chi connectivity index (χ1) is 13.4. The van der Waals surface area contributed by atoms with Gasteiger partial charge in [-0.2, -0.15) is 8.78 Å². The maximum Gasteiger partial charge on any atom is 0.357 e. The third-order valence-corrected chi connectivity index (χ3v) is 4.39. The summed E-state index contributed by atoms with van der Waals surface area (Å²) < 4.78 is 54.2. The summed E-state index contributed by atoms with van der Waals surface area (Å²) in [6, 6.07) is 6.26. The fourth-order valence-electron chi connectivity index (χ4n) is 3.10. The van der Waals surface area contributed by atoms with Gasteiger partial charge >= 0.3 is 12.6 Å². The van der Waals surface area contributed by atoms with Gasteiger partial charge in [0.15, 0.2) is 5.69 Å². The summed E-state index contributed by atoms with van der Waals surface area (Å²) >= 11 is 0. The van der Waals surface area contributed by atoms with E-state index < -0.39 is 24.5 Å². The predicted octanol–water partition coefficient (Wildman–Crippen LogP) is 4.31. The third-order valence-electron chi connectivity index (χ3n) is 4.39. The number of ether oxygens (including phenoxy) is 3. The number of aryl methyl sites for hydroxylation is 1. The van der Waals surface area contributed by atoms with Crippen molar-refractivity contribution in [1.29, 1.82) is 0 Å². The molecule has 0 spiro atoms. The van der Waals surface area contributed by atoms with E-state index in [1.165, 1.54) is 12.1 Å². The number of pyridine rings is 1. The number of hydrogen-bond acceptors (Lipinski definition) is 5. The van der Waals surface area contributed by atoms with Crippen LogP contribution >= 0.6 is 0 Å². The van der Waals surface area contributed by atoms with E-state index in [0.29, 0.717) is 29.5 Å². The molecule has 1 aromatic carbocycles. The van der Waals surface area contributed by atoms with Crippen LogP contribution in [0.3, 0.4) is 0 Å². The van der Waals surface area contributed by atoms with E-state index in [0.717, 1.165) is 5.56 Å². The first kappa shape index (κ1) is 20.1. The summed E-state index contributed by atoms with van der Waals surface area (Å²) in [5, 5.41) is 0. The molecule has 1 aliphatic heterocycles. The molecule has 0 saturated carbocycles. The fraction of sp³-hybridized carbons (Fsp3) is 0.400. The quantitative estimate of drug-likeness (QED) is 0.683. The molecule has 0 bridgehead atoms. The van der Waals surface area contributed by atoms with Gasteiger partial charge in [0.2, 0.25) is 5.88 Å². The number of benzene rings is 1. The molecule has 2 heterocycles. The van der Waals surface area contributed by atoms with Crippen molar-refractivity contribution in [2.45, 2.75) is 39.4 Å². The number of aromatic nitrogens is 1. The van der Waals surface area contributed by atoms with E-state index >= 15 is 0 Å². The van der Waals surface area contributed by atoms with E-state index in [1.807, 2.05) is 0 Å². The first-order valence-electron chi connectivity index (χ1n) is 8.93. The van der Waals surface area contributed by atoms with Gasteiger partial charge in [-0.05, 0) is 49.9 Å². The lowest BCUT2D eigenvalue weighted by atomic mass is 9.93. The van der Waals surface area contributed by atoms with Crippen LogP contribution < -0.4 is 4.74 Å². The van der Waals surface area contributed by atoms with Crippen molar-refractivity contribution in [3.63, 3.8) is 0 Å². The summed E-state index contributed by atoms with van der Waals surface area (Å²) in [5.41, 5.74) is 2.12. The Balaban J connectivity index is 2.03. The smallest absolute Gasteiger partial charge is 0.357 e. The Morgan fingerprint density at radius 3 is 2.79 bits per heavy atom. The van der Waals surface area contributed by atoms with Gasteiger partial charge in [-0.1, -0.05) is 12.1 Å². The van der Waals surface area contributed by atoms with Crippen LogP contribution in [0.2, 0.25) is 0 Å². The van der Waals surface area contributed by atoms with Crippen LogP contribution in [-0.4, -0.2) is 36.9 Å². The molecule has 2 aromatic rings. The second kappa shape index (κ2) is 8.60. The highest BCUT2D eigenvalue weighted by Crippen LogP contribution is 2.37. The van der Waals surface area contributed by atoms with Gasteiger partial charge in [0, 0.05) is 11.1 Å². The molecule has 0 fully saturated rings. The largest absolute Gasteiger partial charge is 0.472 e. The lowest BCUT2D eigenvalue weighted by Gasteiger charge is -2.27. The molecule has 0 aliphatic carbocycles. The summed E-state index contributed by atoms with van der Waals surface area (Å²) in [5.74, 6) is -1.00. The van der Waals surface area contributed by atoms with Crippen molar-refractivity contribution in [1.82, 2.24) is 4.98 Å². The molecule has 0 unspecified atom stereocenters. The number of halogens is 3. The Hall–Kier alpha value is -2.61. The molecule has 0 N–H and O–H groups in total. The lowest BCUT2D eigenvalue weighted by Crippen LogP contribution is -2.30. The SMILES string of the molecule is CCOC(=O)c1cc(-c2ccc(C)cc2F)c2c(n1)O[C@@H](COC(F)F)CC2. The lowest BCUT2D eigenvalue weighted by molar-refractivity contribution is -0.146.